The largest absolute Gasteiger partial charge is 0.388 e. The molecule has 0 aliphatic heterocycles. The highest BCUT2D eigenvalue weighted by Gasteiger charge is 2.17. The molecule has 6 N–H and O–H groups in total. The molecule has 11 heteroatoms. The number of aryl methyl sites for hydroxylation is 1. The fraction of sp³-hybridized carbons (Fsp3) is 0.345. The minimum atomic E-state index is -0.594. The Morgan fingerprint density at radius 3 is 2.73 bits per heavy atom. The Bertz CT molecular complexity index is 1580. The molecule has 1 unspecified atom stereocenters. The van der Waals surface area contributed by atoms with Crippen molar-refractivity contribution in [3.63, 3.8) is 0 Å². The number of rotatable bonds is 12. The maximum Gasteiger partial charge on any atom is 0.354 e. The van der Waals surface area contributed by atoms with Gasteiger partial charge in [0.15, 0.2) is 5.82 Å². The quantitative estimate of drug-likeness (QED) is 0.108. The van der Waals surface area contributed by atoms with Crippen molar-refractivity contribution in [1.82, 2.24) is 19.9 Å². The van der Waals surface area contributed by atoms with Crippen LogP contribution in [-0.4, -0.2) is 40.0 Å². The van der Waals surface area contributed by atoms with E-state index in [1.807, 2.05) is 6.92 Å². The SMILES string of the molecule is CC(N)=NCCCNC(C)c1ccc(-n2cc3cc(-c4cc(CCCCN)cc(Cl)c4F)[nH]c3nc2=O)cc1F. The van der Waals surface area contributed by atoms with E-state index in [0.717, 1.165) is 24.8 Å². The molecule has 0 spiro atoms. The Morgan fingerprint density at radius 2 is 2.00 bits per heavy atom. The number of nitrogens with zero attached hydrogens (tertiary/aromatic N) is 3. The number of fused-ring (bicyclic) bond motifs is 1. The number of unbranched alkanes of at least 4 members (excludes halogenated alkanes) is 1. The van der Waals surface area contributed by atoms with Crippen molar-refractivity contribution in [2.75, 3.05) is 19.6 Å². The van der Waals surface area contributed by atoms with Crippen LogP contribution in [0.5, 0.6) is 0 Å². The highest BCUT2D eigenvalue weighted by Crippen LogP contribution is 2.31. The number of aromatic amines is 1. The molecule has 0 fully saturated rings. The molecule has 2 aromatic heterocycles. The highest BCUT2D eigenvalue weighted by atomic mass is 35.5. The summed E-state index contributed by atoms with van der Waals surface area (Å²) in [5, 5.41) is 3.85. The molecule has 2 heterocycles. The zero-order valence-electron chi connectivity index (χ0n) is 22.6. The van der Waals surface area contributed by atoms with E-state index in [1.54, 1.807) is 43.5 Å². The third kappa shape index (κ3) is 6.93. The van der Waals surface area contributed by atoms with Crippen molar-refractivity contribution in [2.45, 2.75) is 45.6 Å². The summed E-state index contributed by atoms with van der Waals surface area (Å²) >= 11 is 6.18. The maximum absolute atomic E-state index is 15.1. The molecule has 2 aromatic carbocycles. The highest BCUT2D eigenvalue weighted by molar-refractivity contribution is 6.31. The topological polar surface area (TPSA) is 127 Å². The van der Waals surface area contributed by atoms with Gasteiger partial charge in [0, 0.05) is 35.3 Å². The summed E-state index contributed by atoms with van der Waals surface area (Å²) in [5.41, 5.74) is 13.2. The minimum absolute atomic E-state index is 0.0184. The van der Waals surface area contributed by atoms with E-state index in [9.17, 15) is 9.18 Å². The van der Waals surface area contributed by atoms with E-state index in [1.165, 1.54) is 10.6 Å². The zero-order valence-corrected chi connectivity index (χ0v) is 23.4. The smallest absolute Gasteiger partial charge is 0.354 e. The standard InChI is InChI=1S/C29H34ClF2N7O/c1-17(35-10-5-11-36-18(2)34)22-8-7-21(15-25(22)31)39-16-20-14-26(37-28(20)38-29(39)40)23-12-19(6-3-4-9-33)13-24(30)27(23)32/h7-8,12-17,35H,3-6,9-11,33H2,1-2H3,(H2,34,36)(H,37,38,40). The van der Waals surface area contributed by atoms with Gasteiger partial charge in [0.05, 0.1) is 22.2 Å². The Kier molecular flexibility index (Phi) is 9.67. The molecule has 0 saturated heterocycles. The van der Waals surface area contributed by atoms with Crippen LogP contribution >= 0.6 is 11.6 Å². The number of nitrogens with one attached hydrogen (secondary N) is 2. The van der Waals surface area contributed by atoms with Crippen molar-refractivity contribution in [2.24, 2.45) is 16.5 Å². The van der Waals surface area contributed by atoms with Gasteiger partial charge in [0.25, 0.3) is 0 Å². The second-order valence-corrected chi connectivity index (χ2v) is 10.2. The first-order valence-corrected chi connectivity index (χ1v) is 13.7. The van der Waals surface area contributed by atoms with Gasteiger partial charge in [-0.2, -0.15) is 4.98 Å². The third-order valence-corrected chi connectivity index (χ3v) is 6.96. The summed E-state index contributed by atoms with van der Waals surface area (Å²) in [5.74, 6) is -0.472. The molecule has 0 aliphatic rings. The van der Waals surface area contributed by atoms with Gasteiger partial charge in [0.1, 0.15) is 11.5 Å². The lowest BCUT2D eigenvalue weighted by molar-refractivity contribution is 0.523. The van der Waals surface area contributed by atoms with Crippen molar-refractivity contribution in [1.29, 1.82) is 0 Å². The van der Waals surface area contributed by atoms with Crippen LogP contribution in [0, 0.1) is 11.6 Å². The van der Waals surface area contributed by atoms with E-state index in [0.29, 0.717) is 59.9 Å². The van der Waals surface area contributed by atoms with Crippen molar-refractivity contribution in [3.05, 3.63) is 80.9 Å². The number of aromatic nitrogens is 3. The number of hydrogen-bond acceptors (Lipinski definition) is 5. The number of halogens is 3. The van der Waals surface area contributed by atoms with Gasteiger partial charge in [-0.05, 0) is 88.5 Å². The summed E-state index contributed by atoms with van der Waals surface area (Å²) < 4.78 is 31.3. The van der Waals surface area contributed by atoms with E-state index in [-0.39, 0.29) is 16.6 Å². The van der Waals surface area contributed by atoms with Crippen LogP contribution in [0.3, 0.4) is 0 Å². The average Bonchev–Trinajstić information content (AvgIpc) is 3.32. The molecule has 0 saturated carbocycles. The molecular weight excluding hydrogens is 536 g/mol. The van der Waals surface area contributed by atoms with Crippen molar-refractivity contribution >= 4 is 28.5 Å². The predicted molar refractivity (Wildman–Crippen MR) is 157 cm³/mol. The van der Waals surface area contributed by atoms with Gasteiger partial charge in [0.2, 0.25) is 0 Å². The number of nitrogens with two attached hydrogens (primary N) is 2. The molecule has 0 bridgehead atoms. The fourth-order valence-electron chi connectivity index (χ4n) is 4.56. The molecule has 0 amide bonds. The first kappa shape index (κ1) is 29.4. The number of H-pyrrole nitrogens is 1. The Hall–Kier alpha value is -3.60. The van der Waals surface area contributed by atoms with Gasteiger partial charge >= 0.3 is 5.69 Å². The minimum Gasteiger partial charge on any atom is -0.388 e. The molecule has 8 nitrogen and oxygen atoms in total. The molecule has 4 aromatic rings. The predicted octanol–water partition coefficient (Wildman–Crippen LogP) is 5.01. The maximum atomic E-state index is 15.1. The van der Waals surface area contributed by atoms with Crippen molar-refractivity contribution in [3.8, 4) is 16.9 Å². The molecule has 40 heavy (non-hydrogen) atoms. The van der Waals surface area contributed by atoms with Crippen LogP contribution in [0.25, 0.3) is 28.0 Å². The van der Waals surface area contributed by atoms with Gasteiger partial charge in [-0.3, -0.25) is 9.56 Å². The lowest BCUT2D eigenvalue weighted by Gasteiger charge is -2.16. The number of aliphatic imine (C=N–C) groups is 1. The van der Waals surface area contributed by atoms with Gasteiger partial charge in [-0.15, -0.1) is 0 Å². The van der Waals surface area contributed by atoms with E-state index in [2.05, 4.69) is 20.3 Å². The van der Waals surface area contributed by atoms with Crippen LogP contribution in [0.2, 0.25) is 5.02 Å². The summed E-state index contributed by atoms with van der Waals surface area (Å²) in [6.07, 6.45) is 4.76. The van der Waals surface area contributed by atoms with Gasteiger partial charge < -0.3 is 21.8 Å². The van der Waals surface area contributed by atoms with Crippen LogP contribution < -0.4 is 22.5 Å². The normalized spacial score (nSPS) is 12.8. The lowest BCUT2D eigenvalue weighted by atomic mass is 10.0. The first-order chi connectivity index (χ1) is 19.2. The average molecular weight is 570 g/mol. The molecule has 4 rings (SSSR count). The van der Waals surface area contributed by atoms with E-state index < -0.39 is 17.3 Å². The Morgan fingerprint density at radius 1 is 1.20 bits per heavy atom. The molecular formula is C29H34ClF2N7O. The summed E-state index contributed by atoms with van der Waals surface area (Å²) in [4.78, 5) is 24.1. The van der Waals surface area contributed by atoms with Gasteiger partial charge in [-0.1, -0.05) is 17.7 Å². The first-order valence-electron chi connectivity index (χ1n) is 13.3. The van der Waals surface area contributed by atoms with Crippen LogP contribution in [0.15, 0.2) is 52.4 Å². The van der Waals surface area contributed by atoms with E-state index >= 15 is 4.39 Å². The summed E-state index contributed by atoms with van der Waals surface area (Å²) in [6, 6.07) is 9.45. The number of hydrogen-bond donors (Lipinski definition) is 4. The zero-order chi connectivity index (χ0) is 28.8. The van der Waals surface area contributed by atoms with Crippen LogP contribution in [0.1, 0.15) is 50.3 Å². The molecule has 1 atom stereocenters. The summed E-state index contributed by atoms with van der Waals surface area (Å²) in [7, 11) is 0. The van der Waals surface area contributed by atoms with Crippen molar-refractivity contribution < 1.29 is 8.78 Å². The number of benzene rings is 2. The lowest BCUT2D eigenvalue weighted by Crippen LogP contribution is -2.23. The second kappa shape index (κ2) is 13.2. The Labute approximate surface area is 236 Å². The fourth-order valence-corrected chi connectivity index (χ4v) is 4.81. The van der Waals surface area contributed by atoms with Gasteiger partial charge in [-0.25, -0.2) is 13.6 Å². The Balaban J connectivity index is 1.58. The van der Waals surface area contributed by atoms with Crippen LogP contribution in [-0.2, 0) is 6.42 Å². The second-order valence-electron chi connectivity index (χ2n) is 9.82. The molecule has 0 radical (unpaired) electrons. The molecule has 0 aliphatic carbocycles. The number of amidine groups is 1. The van der Waals surface area contributed by atoms with Crippen LogP contribution in [0.4, 0.5) is 8.78 Å². The monoisotopic (exact) mass is 569 g/mol. The van der Waals surface area contributed by atoms with E-state index in [4.69, 9.17) is 23.1 Å². The summed E-state index contributed by atoms with van der Waals surface area (Å²) in [6.45, 7) is 5.44. The third-order valence-electron chi connectivity index (χ3n) is 6.68. The molecule has 212 valence electrons.